The summed E-state index contributed by atoms with van der Waals surface area (Å²) in [5.74, 6) is 0.576. The molecule has 0 saturated carbocycles. The summed E-state index contributed by atoms with van der Waals surface area (Å²) in [5.41, 5.74) is 2.76. The number of hydrogen-bond acceptors (Lipinski definition) is 7. The molecule has 5 amide bonds. The molecule has 0 saturated heterocycles. The number of ether oxygens (including phenoxy) is 1. The second-order valence-corrected chi connectivity index (χ2v) is 11.8. The maximum absolute atomic E-state index is 13.6. The number of aromatic nitrogens is 1. The van der Waals surface area contributed by atoms with Gasteiger partial charge >= 0.3 is 12.1 Å². The minimum absolute atomic E-state index is 0.00245. The number of hydrogen-bond donors (Lipinski definition) is 4. The first-order chi connectivity index (χ1) is 22.0. The van der Waals surface area contributed by atoms with Gasteiger partial charge in [0.2, 0.25) is 5.91 Å². The normalized spacial score (nSPS) is 17.2. The third-order valence-corrected chi connectivity index (χ3v) is 8.28. The lowest BCUT2D eigenvalue weighted by atomic mass is 10.0. The fourth-order valence-electron chi connectivity index (χ4n) is 5.56. The average Bonchev–Trinajstić information content (AvgIpc) is 3.37. The molecule has 0 unspecified atom stereocenters. The molecule has 3 atom stereocenters. The molecule has 5 rings (SSSR count). The smallest absolute Gasteiger partial charge is 0.323 e. The van der Waals surface area contributed by atoms with Crippen LogP contribution in [0.1, 0.15) is 30.9 Å². The molecule has 1 aromatic heterocycles. The van der Waals surface area contributed by atoms with E-state index in [0.717, 1.165) is 10.8 Å². The summed E-state index contributed by atoms with van der Waals surface area (Å²) in [6.07, 6.45) is -0.500. The van der Waals surface area contributed by atoms with Crippen molar-refractivity contribution in [3.05, 3.63) is 77.7 Å². The molecule has 4 N–H and O–H groups in total. The lowest BCUT2D eigenvalue weighted by Gasteiger charge is -2.34. The molecular weight excluding hydrogens is 588 g/mol. The summed E-state index contributed by atoms with van der Waals surface area (Å²) in [6.45, 7) is 7.54. The van der Waals surface area contributed by atoms with Crippen LogP contribution in [0, 0.1) is 19.8 Å². The molecule has 46 heavy (non-hydrogen) atoms. The lowest BCUT2D eigenvalue weighted by Crippen LogP contribution is -2.48. The highest BCUT2D eigenvalue weighted by Crippen LogP contribution is 2.30. The quantitative estimate of drug-likeness (QED) is 0.214. The molecule has 0 fully saturated rings. The van der Waals surface area contributed by atoms with Gasteiger partial charge in [0.1, 0.15) is 23.2 Å². The minimum Gasteiger partial charge on any atom is -0.488 e. The number of likely N-dealkylation sites (N-methyl/N-ethyl adjacent to an activating group) is 1. The van der Waals surface area contributed by atoms with Crippen molar-refractivity contribution in [1.29, 1.82) is 0 Å². The maximum Gasteiger partial charge on any atom is 0.323 e. The molecule has 12 nitrogen and oxygen atoms in total. The summed E-state index contributed by atoms with van der Waals surface area (Å²) >= 11 is 0. The highest BCUT2D eigenvalue weighted by atomic mass is 16.5. The summed E-state index contributed by atoms with van der Waals surface area (Å²) in [7, 11) is 1.70. The van der Waals surface area contributed by atoms with Gasteiger partial charge in [-0.2, -0.15) is 0 Å². The molecule has 0 radical (unpaired) electrons. The van der Waals surface area contributed by atoms with E-state index in [9.17, 15) is 19.5 Å². The zero-order valence-corrected chi connectivity index (χ0v) is 26.7. The Bertz CT molecular complexity index is 1710. The van der Waals surface area contributed by atoms with Crippen molar-refractivity contribution < 1.29 is 28.8 Å². The van der Waals surface area contributed by atoms with Gasteiger partial charge < -0.3 is 40.1 Å². The summed E-state index contributed by atoms with van der Waals surface area (Å²) in [4.78, 5) is 43.0. The van der Waals surface area contributed by atoms with Crippen molar-refractivity contribution in [2.24, 2.45) is 5.92 Å². The maximum atomic E-state index is 13.6. The lowest BCUT2D eigenvalue weighted by molar-refractivity contribution is -0.134. The van der Waals surface area contributed by atoms with Crippen molar-refractivity contribution in [3.63, 3.8) is 0 Å². The van der Waals surface area contributed by atoms with Crippen molar-refractivity contribution in [2.75, 3.05) is 42.7 Å². The Morgan fingerprint density at radius 1 is 1.09 bits per heavy atom. The number of amides is 5. The number of aryl methyl sites for hydroxylation is 2. The Hall–Kier alpha value is -5.10. The van der Waals surface area contributed by atoms with Gasteiger partial charge in [-0.25, -0.2) is 9.59 Å². The monoisotopic (exact) mass is 628 g/mol. The largest absolute Gasteiger partial charge is 0.488 e. The van der Waals surface area contributed by atoms with Gasteiger partial charge in [-0.1, -0.05) is 48.5 Å². The fourth-order valence-corrected chi connectivity index (χ4v) is 5.56. The van der Waals surface area contributed by atoms with Crippen molar-refractivity contribution in [3.8, 4) is 5.75 Å². The number of rotatable bonds is 7. The second kappa shape index (κ2) is 13.9. The van der Waals surface area contributed by atoms with Gasteiger partial charge in [-0.3, -0.25) is 4.79 Å². The number of aliphatic hydroxyl groups is 1. The van der Waals surface area contributed by atoms with Gasteiger partial charge in [0.15, 0.2) is 5.76 Å². The first-order valence-electron chi connectivity index (χ1n) is 15.2. The molecule has 0 bridgehead atoms. The van der Waals surface area contributed by atoms with Crippen LogP contribution in [0.4, 0.5) is 26.7 Å². The van der Waals surface area contributed by atoms with Crippen LogP contribution in [0.3, 0.4) is 0 Å². The van der Waals surface area contributed by atoms with Crippen LogP contribution in [0.15, 0.2) is 65.2 Å². The van der Waals surface area contributed by atoms with Crippen LogP contribution >= 0.6 is 0 Å². The van der Waals surface area contributed by atoms with E-state index in [-0.39, 0.29) is 37.4 Å². The molecule has 0 spiro atoms. The fraction of sp³-hybridized carbons (Fsp3) is 0.353. The Balaban J connectivity index is 1.37. The van der Waals surface area contributed by atoms with Crippen molar-refractivity contribution >= 4 is 45.8 Å². The van der Waals surface area contributed by atoms with E-state index in [1.54, 1.807) is 55.8 Å². The number of anilines is 3. The molecule has 2 heterocycles. The third kappa shape index (κ3) is 7.23. The topological polar surface area (TPSA) is 149 Å². The Morgan fingerprint density at radius 3 is 2.59 bits per heavy atom. The first kappa shape index (κ1) is 32.3. The second-order valence-electron chi connectivity index (χ2n) is 11.8. The van der Waals surface area contributed by atoms with E-state index in [2.05, 4.69) is 21.1 Å². The zero-order valence-electron chi connectivity index (χ0n) is 26.7. The van der Waals surface area contributed by atoms with E-state index in [0.29, 0.717) is 46.4 Å². The minimum atomic E-state index is -0.497. The van der Waals surface area contributed by atoms with Gasteiger partial charge in [-0.15, -0.1) is 0 Å². The van der Waals surface area contributed by atoms with Gasteiger partial charge in [0, 0.05) is 36.1 Å². The van der Waals surface area contributed by atoms with E-state index < -0.39 is 18.2 Å². The van der Waals surface area contributed by atoms with Crippen molar-refractivity contribution in [2.45, 2.75) is 46.3 Å². The van der Waals surface area contributed by atoms with Crippen LogP contribution in [-0.4, -0.2) is 76.9 Å². The number of urea groups is 2. The van der Waals surface area contributed by atoms with Crippen LogP contribution in [0.2, 0.25) is 0 Å². The van der Waals surface area contributed by atoms with E-state index in [4.69, 9.17) is 9.26 Å². The first-order valence-corrected chi connectivity index (χ1v) is 15.2. The van der Waals surface area contributed by atoms with Gasteiger partial charge in [0.05, 0.1) is 31.3 Å². The van der Waals surface area contributed by atoms with Crippen LogP contribution < -0.4 is 20.7 Å². The molecule has 3 aromatic carbocycles. The van der Waals surface area contributed by atoms with E-state index >= 15 is 0 Å². The highest BCUT2D eigenvalue weighted by molar-refractivity contribution is 6.02. The zero-order chi connectivity index (χ0) is 33.0. The number of carbonyl (C=O) groups excluding carboxylic acids is 3. The van der Waals surface area contributed by atoms with Crippen LogP contribution in [0.5, 0.6) is 5.75 Å². The number of aliphatic hydroxyl groups excluding tert-OH is 1. The molecule has 0 aliphatic carbocycles. The molecule has 4 aromatic rings. The number of fused-ring (bicyclic) bond motifs is 2. The van der Waals surface area contributed by atoms with E-state index in [1.165, 1.54) is 0 Å². The van der Waals surface area contributed by atoms with Crippen LogP contribution in [0.25, 0.3) is 10.8 Å². The molecular formula is C34H40N6O6. The van der Waals surface area contributed by atoms with Gasteiger partial charge in [0.25, 0.3) is 0 Å². The summed E-state index contributed by atoms with van der Waals surface area (Å²) in [6, 6.07) is 17.5. The SMILES string of the molecule is Cc1noc(C)c1NC(=O)Nc1ccc2c(c1)CC(=O)N([C@@H](C)CO)C[C@@H](C)[C@@H](CN(C)C(=O)Nc1cccc3ccccc13)O2. The number of nitrogens with one attached hydrogen (secondary N) is 3. The number of carbonyl (C=O) groups is 3. The van der Waals surface area contributed by atoms with Crippen molar-refractivity contribution in [1.82, 2.24) is 15.0 Å². The standard InChI is InChI=1S/C34H40N6O6/c1-20-17-40(21(2)19-41)31(42)16-25-15-26(35-33(43)37-32-22(3)38-46-23(32)4)13-14-29(25)45-30(20)18-39(5)34(44)36-28-12-8-10-24-9-6-7-11-27(24)28/h6-15,20-21,30,41H,16-19H2,1-5H3,(H,36,44)(H2,35,37,43)/t20-,21+,30-/m1/s1. The average molecular weight is 629 g/mol. The number of benzene rings is 3. The third-order valence-electron chi connectivity index (χ3n) is 8.28. The van der Waals surface area contributed by atoms with Gasteiger partial charge in [-0.05, 0) is 50.4 Å². The highest BCUT2D eigenvalue weighted by Gasteiger charge is 2.32. The Morgan fingerprint density at radius 2 is 1.85 bits per heavy atom. The predicted molar refractivity (Wildman–Crippen MR) is 176 cm³/mol. The molecule has 1 aliphatic heterocycles. The van der Waals surface area contributed by atoms with Crippen LogP contribution in [-0.2, 0) is 11.2 Å². The molecule has 1 aliphatic rings. The summed E-state index contributed by atoms with van der Waals surface area (Å²) < 4.78 is 11.7. The molecule has 242 valence electrons. The summed E-state index contributed by atoms with van der Waals surface area (Å²) in [5, 5.41) is 24.3. The molecule has 12 heteroatoms. The Kier molecular flexibility index (Phi) is 9.76. The Labute approximate surface area is 267 Å². The number of nitrogens with zero attached hydrogens (tertiary/aromatic N) is 3. The predicted octanol–water partition coefficient (Wildman–Crippen LogP) is 5.40. The van der Waals surface area contributed by atoms with E-state index in [1.807, 2.05) is 49.4 Å².